The Morgan fingerprint density at radius 2 is 1.86 bits per heavy atom. The predicted molar refractivity (Wildman–Crippen MR) is 71.1 cm³/mol. The van der Waals surface area contributed by atoms with Gasteiger partial charge in [-0.2, -0.15) is 13.2 Å². The zero-order chi connectivity index (χ0) is 15.5. The third-order valence-electron chi connectivity index (χ3n) is 2.56. The second-order valence-electron chi connectivity index (χ2n) is 4.20. The van der Waals surface area contributed by atoms with Crippen molar-refractivity contribution in [3.63, 3.8) is 0 Å². The van der Waals surface area contributed by atoms with Gasteiger partial charge in [-0.05, 0) is 29.8 Å². The number of aliphatic carboxylic acids is 1. The molecule has 0 atom stereocenters. The van der Waals surface area contributed by atoms with E-state index in [0.29, 0.717) is 10.5 Å². The topological polar surface area (TPSA) is 50.2 Å². The Kier molecular flexibility index (Phi) is 4.52. The molecule has 0 bridgehead atoms. The van der Waals surface area contributed by atoms with E-state index < -0.39 is 17.7 Å². The Labute approximate surface area is 122 Å². The summed E-state index contributed by atoms with van der Waals surface area (Å²) < 4.78 is 37.8. The van der Waals surface area contributed by atoms with Crippen LogP contribution in [0.5, 0.6) is 0 Å². The van der Waals surface area contributed by atoms with E-state index >= 15 is 0 Å². The smallest absolute Gasteiger partial charge is 0.416 e. The highest BCUT2D eigenvalue weighted by Gasteiger charge is 2.30. The Bertz CT molecular complexity index is 641. The third kappa shape index (κ3) is 4.49. The van der Waals surface area contributed by atoms with E-state index in [9.17, 15) is 18.0 Å². The SMILES string of the molecule is O=C(O)Cc1ccc(Sc2cc(C(F)(F)F)ccn2)cc1. The first-order valence-electron chi connectivity index (χ1n) is 5.86. The van der Waals surface area contributed by atoms with Crippen molar-refractivity contribution in [2.24, 2.45) is 0 Å². The van der Waals surface area contributed by atoms with E-state index in [-0.39, 0.29) is 11.4 Å². The lowest BCUT2D eigenvalue weighted by molar-refractivity contribution is -0.138. The molecule has 0 unspecified atom stereocenters. The van der Waals surface area contributed by atoms with Crippen LogP contribution in [-0.4, -0.2) is 16.1 Å². The molecule has 0 fully saturated rings. The number of hydrogen-bond donors (Lipinski definition) is 1. The Balaban J connectivity index is 2.13. The fourth-order valence-electron chi connectivity index (χ4n) is 1.61. The van der Waals surface area contributed by atoms with Crippen molar-refractivity contribution in [2.75, 3.05) is 0 Å². The first-order chi connectivity index (χ1) is 9.84. The van der Waals surface area contributed by atoms with Crippen LogP contribution in [0.2, 0.25) is 0 Å². The van der Waals surface area contributed by atoms with Crippen LogP contribution in [0, 0.1) is 0 Å². The van der Waals surface area contributed by atoms with E-state index in [2.05, 4.69) is 4.98 Å². The van der Waals surface area contributed by atoms with Gasteiger partial charge in [0.25, 0.3) is 0 Å². The Morgan fingerprint density at radius 1 is 1.19 bits per heavy atom. The number of carboxylic acid groups (broad SMARTS) is 1. The zero-order valence-corrected chi connectivity index (χ0v) is 11.4. The maximum absolute atomic E-state index is 12.6. The summed E-state index contributed by atoms with van der Waals surface area (Å²) in [6.45, 7) is 0. The van der Waals surface area contributed by atoms with E-state index in [1.807, 2.05) is 0 Å². The summed E-state index contributed by atoms with van der Waals surface area (Å²) in [4.78, 5) is 15.1. The molecule has 0 radical (unpaired) electrons. The molecule has 0 saturated heterocycles. The number of benzene rings is 1. The van der Waals surface area contributed by atoms with E-state index in [1.165, 1.54) is 0 Å². The number of aromatic nitrogens is 1. The van der Waals surface area contributed by atoms with Crippen LogP contribution in [0.15, 0.2) is 52.5 Å². The fourth-order valence-corrected chi connectivity index (χ4v) is 2.43. The summed E-state index contributed by atoms with van der Waals surface area (Å²) >= 11 is 1.09. The molecule has 0 aliphatic carbocycles. The summed E-state index contributed by atoms with van der Waals surface area (Å²) in [5, 5.41) is 8.89. The van der Waals surface area contributed by atoms with Gasteiger partial charge in [0.1, 0.15) is 5.03 Å². The van der Waals surface area contributed by atoms with Crippen LogP contribution >= 0.6 is 11.8 Å². The van der Waals surface area contributed by atoms with Gasteiger partial charge in [-0.3, -0.25) is 4.79 Å². The molecule has 0 amide bonds. The molecule has 7 heteroatoms. The quantitative estimate of drug-likeness (QED) is 0.930. The lowest BCUT2D eigenvalue weighted by atomic mass is 10.2. The molecule has 1 aromatic heterocycles. The molecule has 3 nitrogen and oxygen atoms in total. The molecule has 0 aliphatic rings. The van der Waals surface area contributed by atoms with Crippen LogP contribution < -0.4 is 0 Å². The minimum atomic E-state index is -4.40. The lowest BCUT2D eigenvalue weighted by Gasteiger charge is -2.08. The number of alkyl halides is 3. The number of carbonyl (C=O) groups is 1. The average Bonchev–Trinajstić information content (AvgIpc) is 2.40. The molecule has 0 aliphatic heterocycles. The maximum Gasteiger partial charge on any atom is 0.416 e. The maximum atomic E-state index is 12.6. The minimum Gasteiger partial charge on any atom is -0.481 e. The second-order valence-corrected chi connectivity index (χ2v) is 5.29. The number of nitrogens with zero attached hydrogens (tertiary/aromatic N) is 1. The molecular weight excluding hydrogens is 303 g/mol. The third-order valence-corrected chi connectivity index (χ3v) is 3.50. The summed E-state index contributed by atoms with van der Waals surface area (Å²) in [7, 11) is 0. The van der Waals surface area contributed by atoms with E-state index in [4.69, 9.17) is 5.11 Å². The molecule has 1 N–H and O–H groups in total. The molecule has 0 saturated carbocycles. The van der Waals surface area contributed by atoms with Gasteiger partial charge < -0.3 is 5.11 Å². The van der Waals surface area contributed by atoms with Crippen molar-refractivity contribution in [2.45, 2.75) is 22.5 Å². The lowest BCUT2D eigenvalue weighted by Crippen LogP contribution is -2.05. The van der Waals surface area contributed by atoms with Crippen molar-refractivity contribution in [1.29, 1.82) is 0 Å². The highest BCUT2D eigenvalue weighted by Crippen LogP contribution is 2.33. The van der Waals surface area contributed by atoms with Crippen molar-refractivity contribution < 1.29 is 23.1 Å². The monoisotopic (exact) mass is 313 g/mol. The molecule has 21 heavy (non-hydrogen) atoms. The number of pyridine rings is 1. The Morgan fingerprint density at radius 3 is 2.43 bits per heavy atom. The van der Waals surface area contributed by atoms with E-state index in [1.54, 1.807) is 24.3 Å². The number of rotatable bonds is 4. The number of hydrogen-bond acceptors (Lipinski definition) is 3. The summed E-state index contributed by atoms with van der Waals surface area (Å²) in [6, 6.07) is 8.47. The van der Waals surface area contributed by atoms with Crippen molar-refractivity contribution >= 4 is 17.7 Å². The van der Waals surface area contributed by atoms with Gasteiger partial charge in [0, 0.05) is 11.1 Å². The van der Waals surface area contributed by atoms with Crippen molar-refractivity contribution in [3.8, 4) is 0 Å². The minimum absolute atomic E-state index is 0.0905. The van der Waals surface area contributed by atoms with Crippen LogP contribution in [0.4, 0.5) is 13.2 Å². The standard InChI is InChI=1S/C14H10F3NO2S/c15-14(16,17)10-5-6-18-12(8-10)21-11-3-1-9(2-4-11)7-13(19)20/h1-6,8H,7H2,(H,19,20). The molecule has 2 aromatic rings. The van der Waals surface area contributed by atoms with Gasteiger partial charge in [0.15, 0.2) is 0 Å². The van der Waals surface area contributed by atoms with Crippen LogP contribution in [-0.2, 0) is 17.4 Å². The molecule has 2 rings (SSSR count). The van der Waals surface area contributed by atoms with Gasteiger partial charge in [0.05, 0.1) is 12.0 Å². The van der Waals surface area contributed by atoms with Gasteiger partial charge in [0.2, 0.25) is 0 Å². The molecular formula is C14H10F3NO2S. The predicted octanol–water partition coefficient (Wildman–Crippen LogP) is 3.88. The molecule has 1 aromatic carbocycles. The van der Waals surface area contributed by atoms with Crippen molar-refractivity contribution in [1.82, 2.24) is 4.98 Å². The largest absolute Gasteiger partial charge is 0.481 e. The summed E-state index contributed by atoms with van der Waals surface area (Å²) in [6.07, 6.45) is -3.37. The molecule has 1 heterocycles. The van der Waals surface area contributed by atoms with Gasteiger partial charge >= 0.3 is 12.1 Å². The van der Waals surface area contributed by atoms with Gasteiger partial charge in [-0.1, -0.05) is 23.9 Å². The van der Waals surface area contributed by atoms with Crippen molar-refractivity contribution in [3.05, 3.63) is 53.7 Å². The van der Waals surface area contributed by atoms with Crippen LogP contribution in [0.3, 0.4) is 0 Å². The average molecular weight is 313 g/mol. The number of halogens is 3. The highest BCUT2D eigenvalue weighted by molar-refractivity contribution is 7.99. The summed E-state index contributed by atoms with van der Waals surface area (Å²) in [5.74, 6) is -0.935. The number of carboxylic acids is 1. The second kappa shape index (κ2) is 6.17. The van der Waals surface area contributed by atoms with E-state index in [0.717, 1.165) is 30.1 Å². The summed E-state index contributed by atoms with van der Waals surface area (Å²) in [5.41, 5.74) is -0.119. The Hall–Kier alpha value is -2.02. The first kappa shape index (κ1) is 15.4. The first-order valence-corrected chi connectivity index (χ1v) is 6.68. The molecule has 110 valence electrons. The normalized spacial score (nSPS) is 11.4. The zero-order valence-electron chi connectivity index (χ0n) is 10.6. The highest BCUT2D eigenvalue weighted by atomic mass is 32.2. The fraction of sp³-hybridized carbons (Fsp3) is 0.143. The van der Waals surface area contributed by atoms with Crippen LogP contribution in [0.25, 0.3) is 0 Å². The van der Waals surface area contributed by atoms with Crippen LogP contribution in [0.1, 0.15) is 11.1 Å². The molecule has 0 spiro atoms. The van der Waals surface area contributed by atoms with Gasteiger partial charge in [-0.15, -0.1) is 0 Å². The van der Waals surface area contributed by atoms with Gasteiger partial charge in [-0.25, -0.2) is 4.98 Å².